The lowest BCUT2D eigenvalue weighted by Crippen LogP contribution is -2.24. The van der Waals surface area contributed by atoms with E-state index in [4.69, 9.17) is 5.11 Å². The number of rotatable bonds is 3. The van der Waals surface area contributed by atoms with Crippen LogP contribution in [-0.2, 0) is 13.2 Å². The van der Waals surface area contributed by atoms with Gasteiger partial charge in [-0.25, -0.2) is 4.68 Å². The highest BCUT2D eigenvalue weighted by atomic mass is 79.9. The molecule has 0 aliphatic heterocycles. The van der Waals surface area contributed by atoms with Gasteiger partial charge in [0, 0.05) is 0 Å². The van der Waals surface area contributed by atoms with Crippen LogP contribution in [0.3, 0.4) is 0 Å². The van der Waals surface area contributed by atoms with Crippen LogP contribution in [0.5, 0.6) is 0 Å². The number of aromatic nitrogens is 2. The number of halogens is 2. The summed E-state index contributed by atoms with van der Waals surface area (Å²) < 4.78 is 2.48. The topological polar surface area (TPSA) is 55.1 Å². The molecule has 1 N–H and O–H groups in total. The van der Waals surface area contributed by atoms with Crippen molar-refractivity contribution in [2.45, 2.75) is 13.2 Å². The fourth-order valence-electron chi connectivity index (χ4n) is 1.48. The zero-order valence-corrected chi connectivity index (χ0v) is 12.5. The molecule has 6 heteroatoms. The van der Waals surface area contributed by atoms with Crippen molar-refractivity contribution in [3.8, 4) is 0 Å². The van der Waals surface area contributed by atoms with Crippen molar-refractivity contribution in [2.75, 3.05) is 0 Å². The van der Waals surface area contributed by atoms with E-state index in [9.17, 15) is 4.79 Å². The average Bonchev–Trinajstić information content (AvgIpc) is 2.40. The van der Waals surface area contributed by atoms with Crippen LogP contribution in [0.2, 0.25) is 0 Å². The van der Waals surface area contributed by atoms with Gasteiger partial charge in [0.2, 0.25) is 0 Å². The Hall–Kier alpha value is -0.980. The highest BCUT2D eigenvalue weighted by Gasteiger charge is 2.06. The Kier molecular flexibility index (Phi) is 4.31. The highest BCUT2D eigenvalue weighted by molar-refractivity contribution is 9.13. The molecule has 0 aliphatic rings. The molecule has 4 nitrogen and oxygen atoms in total. The third kappa shape index (κ3) is 2.88. The summed E-state index contributed by atoms with van der Waals surface area (Å²) in [5, 5.41) is 13.0. The van der Waals surface area contributed by atoms with Gasteiger partial charge in [-0.05, 0) is 43.0 Å². The summed E-state index contributed by atoms with van der Waals surface area (Å²) >= 11 is 6.45. The van der Waals surface area contributed by atoms with E-state index in [0.717, 1.165) is 11.1 Å². The van der Waals surface area contributed by atoms with Gasteiger partial charge in [-0.2, -0.15) is 5.10 Å². The lowest BCUT2D eigenvalue weighted by molar-refractivity contribution is 0.282. The molecular formula is C12H10Br2N2O2. The number of hydrogen-bond acceptors (Lipinski definition) is 3. The van der Waals surface area contributed by atoms with Crippen LogP contribution in [0, 0.1) is 0 Å². The fourth-order valence-corrected chi connectivity index (χ4v) is 2.05. The van der Waals surface area contributed by atoms with Crippen LogP contribution in [0.15, 0.2) is 44.2 Å². The van der Waals surface area contributed by atoms with Crippen LogP contribution < -0.4 is 5.56 Å². The maximum atomic E-state index is 11.9. The Labute approximate surface area is 121 Å². The van der Waals surface area contributed by atoms with Crippen LogP contribution in [0.25, 0.3) is 0 Å². The summed E-state index contributed by atoms with van der Waals surface area (Å²) in [5.41, 5.74) is 1.61. The molecule has 0 saturated heterocycles. The van der Waals surface area contributed by atoms with Crippen molar-refractivity contribution in [1.29, 1.82) is 0 Å². The largest absolute Gasteiger partial charge is 0.392 e. The van der Waals surface area contributed by atoms with Gasteiger partial charge in [0.05, 0.1) is 23.8 Å². The second-order valence-corrected chi connectivity index (χ2v) is 5.39. The molecular weight excluding hydrogens is 364 g/mol. The van der Waals surface area contributed by atoms with Gasteiger partial charge in [0.15, 0.2) is 0 Å². The summed E-state index contributed by atoms with van der Waals surface area (Å²) in [6.45, 7) is 0.415. The number of benzene rings is 1. The van der Waals surface area contributed by atoms with Crippen LogP contribution in [0.4, 0.5) is 0 Å². The number of aliphatic hydroxyl groups is 1. The summed E-state index contributed by atoms with van der Waals surface area (Å²) in [4.78, 5) is 11.9. The minimum absolute atomic E-state index is 0.0162. The van der Waals surface area contributed by atoms with Crippen LogP contribution >= 0.6 is 31.9 Å². The predicted octanol–water partition coefficient (Wildman–Crippen LogP) is 2.31. The first-order valence-electron chi connectivity index (χ1n) is 5.21. The lowest BCUT2D eigenvalue weighted by atomic mass is 10.1. The standard InChI is InChI=1S/C12H10Br2N2O2/c13-10-5-15-16(12(18)11(10)14)6-8-1-3-9(7-17)4-2-8/h1-5,17H,6-7H2. The van der Waals surface area contributed by atoms with Gasteiger partial charge in [-0.15, -0.1) is 0 Å². The van der Waals surface area contributed by atoms with E-state index in [1.165, 1.54) is 4.68 Å². The fraction of sp³-hybridized carbons (Fsp3) is 0.167. The van der Waals surface area contributed by atoms with Crippen molar-refractivity contribution in [3.05, 3.63) is 60.9 Å². The Bertz CT molecular complexity index is 608. The van der Waals surface area contributed by atoms with Crippen molar-refractivity contribution in [2.24, 2.45) is 0 Å². The zero-order chi connectivity index (χ0) is 13.1. The smallest absolute Gasteiger partial charge is 0.282 e. The van der Waals surface area contributed by atoms with Gasteiger partial charge in [0.25, 0.3) is 5.56 Å². The molecule has 2 rings (SSSR count). The summed E-state index contributed by atoms with van der Waals surface area (Å²) in [7, 11) is 0. The van der Waals surface area contributed by atoms with Gasteiger partial charge >= 0.3 is 0 Å². The molecule has 1 aromatic heterocycles. The molecule has 0 bridgehead atoms. The number of nitrogens with zero attached hydrogens (tertiary/aromatic N) is 2. The molecule has 0 amide bonds. The Morgan fingerprint density at radius 2 is 1.78 bits per heavy atom. The first-order chi connectivity index (χ1) is 8.61. The molecule has 1 aromatic carbocycles. The molecule has 1 heterocycles. The monoisotopic (exact) mass is 372 g/mol. The quantitative estimate of drug-likeness (QED) is 0.898. The highest BCUT2D eigenvalue weighted by Crippen LogP contribution is 2.16. The number of hydrogen-bond donors (Lipinski definition) is 1. The molecule has 94 valence electrons. The third-order valence-corrected chi connectivity index (χ3v) is 4.38. The Morgan fingerprint density at radius 3 is 2.39 bits per heavy atom. The molecule has 0 radical (unpaired) electrons. The van der Waals surface area contributed by atoms with Gasteiger partial charge in [0.1, 0.15) is 4.47 Å². The first-order valence-corrected chi connectivity index (χ1v) is 6.80. The third-order valence-electron chi connectivity index (χ3n) is 2.48. The SMILES string of the molecule is O=c1c(Br)c(Br)cnn1Cc1ccc(CO)cc1. The van der Waals surface area contributed by atoms with E-state index >= 15 is 0 Å². The van der Waals surface area contributed by atoms with Crippen LogP contribution in [0.1, 0.15) is 11.1 Å². The summed E-state index contributed by atoms with van der Waals surface area (Å²) in [6.07, 6.45) is 1.58. The molecule has 0 aliphatic carbocycles. The minimum atomic E-state index is -0.185. The normalized spacial score (nSPS) is 10.6. The van der Waals surface area contributed by atoms with Crippen molar-refractivity contribution in [1.82, 2.24) is 9.78 Å². The van der Waals surface area contributed by atoms with Crippen molar-refractivity contribution >= 4 is 31.9 Å². The molecule has 0 atom stereocenters. The lowest BCUT2D eigenvalue weighted by Gasteiger charge is -2.06. The first kappa shape index (κ1) is 13.5. The maximum Gasteiger partial charge on any atom is 0.282 e. The van der Waals surface area contributed by atoms with E-state index in [1.807, 2.05) is 24.3 Å². The molecule has 0 unspecified atom stereocenters. The summed E-state index contributed by atoms with van der Waals surface area (Å²) in [5.74, 6) is 0. The Morgan fingerprint density at radius 1 is 1.17 bits per heavy atom. The molecule has 0 saturated carbocycles. The second kappa shape index (κ2) is 5.77. The molecule has 0 spiro atoms. The Balaban J connectivity index is 2.28. The molecule has 0 fully saturated rings. The van der Waals surface area contributed by atoms with Crippen molar-refractivity contribution in [3.63, 3.8) is 0 Å². The average molecular weight is 374 g/mol. The summed E-state index contributed by atoms with van der Waals surface area (Å²) in [6, 6.07) is 7.40. The zero-order valence-electron chi connectivity index (χ0n) is 9.31. The van der Waals surface area contributed by atoms with E-state index in [0.29, 0.717) is 15.5 Å². The minimum Gasteiger partial charge on any atom is -0.392 e. The second-order valence-electron chi connectivity index (χ2n) is 3.74. The number of aliphatic hydroxyl groups excluding tert-OH is 1. The molecule has 2 aromatic rings. The molecule has 18 heavy (non-hydrogen) atoms. The van der Waals surface area contributed by atoms with Gasteiger partial charge in [-0.1, -0.05) is 24.3 Å². The van der Waals surface area contributed by atoms with Gasteiger partial charge < -0.3 is 5.11 Å². The van der Waals surface area contributed by atoms with E-state index in [-0.39, 0.29) is 12.2 Å². The maximum absolute atomic E-state index is 11.9. The van der Waals surface area contributed by atoms with Crippen LogP contribution in [-0.4, -0.2) is 14.9 Å². The van der Waals surface area contributed by atoms with Crippen molar-refractivity contribution < 1.29 is 5.11 Å². The van der Waals surface area contributed by atoms with E-state index < -0.39 is 0 Å². The van der Waals surface area contributed by atoms with E-state index in [1.54, 1.807) is 6.20 Å². The predicted molar refractivity (Wildman–Crippen MR) is 75.4 cm³/mol. The van der Waals surface area contributed by atoms with Gasteiger partial charge in [-0.3, -0.25) is 4.79 Å². The van der Waals surface area contributed by atoms with E-state index in [2.05, 4.69) is 37.0 Å².